The van der Waals surface area contributed by atoms with E-state index in [-0.39, 0.29) is 23.8 Å². The number of nitrogens with zero attached hydrogens (tertiary/aromatic N) is 2. The van der Waals surface area contributed by atoms with Gasteiger partial charge in [0.25, 0.3) is 0 Å². The van der Waals surface area contributed by atoms with Crippen LogP contribution in [0, 0.1) is 5.82 Å². The molecule has 0 unspecified atom stereocenters. The lowest BCUT2D eigenvalue weighted by atomic mass is 10.1. The number of rotatable bonds is 5. The maximum absolute atomic E-state index is 13.1. The van der Waals surface area contributed by atoms with E-state index < -0.39 is 0 Å². The number of hydrogen-bond acceptors (Lipinski definition) is 3. The van der Waals surface area contributed by atoms with Crippen molar-refractivity contribution in [2.75, 3.05) is 31.1 Å². The maximum Gasteiger partial charge on any atom is 0.237 e. The molecule has 4 nitrogen and oxygen atoms in total. The topological polar surface area (TPSA) is 35.6 Å². The Labute approximate surface area is 154 Å². The van der Waals surface area contributed by atoms with Crippen molar-refractivity contribution in [1.82, 2.24) is 10.2 Å². The lowest BCUT2D eigenvalue weighted by Gasteiger charge is -2.38. The van der Waals surface area contributed by atoms with Crippen molar-refractivity contribution in [3.63, 3.8) is 0 Å². The standard InChI is InChI=1S/C21H26FN3O/c1-16(18-6-4-3-5-7-18)23-21(26)17(2)24-12-14-25(15-13-24)20-10-8-19(22)9-11-20/h3-11,16-17H,12-15H2,1-2H3,(H,23,26)/t16-,17-/m1/s1. The number of benzene rings is 2. The SMILES string of the molecule is C[C@H](C(=O)N[C@H](C)c1ccccc1)N1CCN(c2ccc(F)cc2)CC1. The number of piperazine rings is 1. The summed E-state index contributed by atoms with van der Waals surface area (Å²) in [5.41, 5.74) is 2.13. The Hall–Kier alpha value is -2.40. The molecule has 1 amide bonds. The van der Waals surface area contributed by atoms with Gasteiger partial charge in [-0.05, 0) is 43.7 Å². The lowest BCUT2D eigenvalue weighted by Crippen LogP contribution is -2.54. The van der Waals surface area contributed by atoms with E-state index in [9.17, 15) is 9.18 Å². The third-order valence-corrected chi connectivity index (χ3v) is 5.09. The Morgan fingerprint density at radius 2 is 1.58 bits per heavy atom. The van der Waals surface area contributed by atoms with Gasteiger partial charge in [0, 0.05) is 31.9 Å². The summed E-state index contributed by atoms with van der Waals surface area (Å²) in [5, 5.41) is 3.11. The minimum atomic E-state index is -0.217. The molecule has 0 bridgehead atoms. The summed E-state index contributed by atoms with van der Waals surface area (Å²) in [6.45, 7) is 7.25. The molecule has 5 heteroatoms. The smallest absolute Gasteiger partial charge is 0.237 e. The van der Waals surface area contributed by atoms with E-state index in [1.54, 1.807) is 0 Å². The van der Waals surface area contributed by atoms with E-state index in [0.29, 0.717) is 0 Å². The average Bonchev–Trinajstić information content (AvgIpc) is 2.69. The van der Waals surface area contributed by atoms with Gasteiger partial charge in [-0.2, -0.15) is 0 Å². The second-order valence-corrected chi connectivity index (χ2v) is 6.82. The monoisotopic (exact) mass is 355 g/mol. The van der Waals surface area contributed by atoms with E-state index in [4.69, 9.17) is 0 Å². The van der Waals surface area contributed by atoms with Crippen LogP contribution in [0.1, 0.15) is 25.5 Å². The van der Waals surface area contributed by atoms with Crippen LogP contribution in [0.3, 0.4) is 0 Å². The largest absolute Gasteiger partial charge is 0.369 e. The van der Waals surface area contributed by atoms with Crippen LogP contribution in [0.4, 0.5) is 10.1 Å². The number of nitrogens with one attached hydrogen (secondary N) is 1. The van der Waals surface area contributed by atoms with Crippen molar-refractivity contribution in [3.05, 3.63) is 66.0 Å². The van der Waals surface area contributed by atoms with Crippen molar-refractivity contribution in [3.8, 4) is 0 Å². The highest BCUT2D eigenvalue weighted by Gasteiger charge is 2.26. The molecular weight excluding hydrogens is 329 g/mol. The van der Waals surface area contributed by atoms with Gasteiger partial charge in [-0.25, -0.2) is 4.39 Å². The van der Waals surface area contributed by atoms with Gasteiger partial charge in [-0.3, -0.25) is 9.69 Å². The van der Waals surface area contributed by atoms with Crippen LogP contribution in [0.5, 0.6) is 0 Å². The molecule has 26 heavy (non-hydrogen) atoms. The van der Waals surface area contributed by atoms with Crippen LogP contribution < -0.4 is 10.2 Å². The number of amides is 1. The summed E-state index contributed by atoms with van der Waals surface area (Å²) in [4.78, 5) is 17.0. The predicted octanol–water partition coefficient (Wildman–Crippen LogP) is 3.21. The fraction of sp³-hybridized carbons (Fsp3) is 0.381. The highest BCUT2D eigenvalue weighted by Crippen LogP contribution is 2.18. The molecule has 2 atom stereocenters. The zero-order valence-corrected chi connectivity index (χ0v) is 15.4. The third-order valence-electron chi connectivity index (χ3n) is 5.09. The van der Waals surface area contributed by atoms with E-state index in [1.165, 1.54) is 12.1 Å². The molecule has 0 aromatic heterocycles. The second-order valence-electron chi connectivity index (χ2n) is 6.82. The zero-order chi connectivity index (χ0) is 18.5. The van der Waals surface area contributed by atoms with Crippen LogP contribution in [-0.2, 0) is 4.79 Å². The quantitative estimate of drug-likeness (QED) is 0.895. The van der Waals surface area contributed by atoms with Crippen LogP contribution in [-0.4, -0.2) is 43.0 Å². The number of anilines is 1. The summed E-state index contributed by atoms with van der Waals surface area (Å²) < 4.78 is 13.1. The molecule has 2 aromatic rings. The van der Waals surface area contributed by atoms with Crippen LogP contribution in [0.2, 0.25) is 0 Å². The third kappa shape index (κ3) is 4.41. The van der Waals surface area contributed by atoms with Gasteiger partial charge >= 0.3 is 0 Å². The van der Waals surface area contributed by atoms with Crippen molar-refractivity contribution in [2.24, 2.45) is 0 Å². The summed E-state index contributed by atoms with van der Waals surface area (Å²) in [6.07, 6.45) is 0. The Morgan fingerprint density at radius 1 is 0.962 bits per heavy atom. The number of hydrogen-bond donors (Lipinski definition) is 1. The molecule has 0 saturated carbocycles. The number of carbonyl (C=O) groups excluding carboxylic acids is 1. The van der Waals surface area contributed by atoms with Crippen LogP contribution in [0.25, 0.3) is 0 Å². The Balaban J connectivity index is 1.52. The molecule has 1 saturated heterocycles. The average molecular weight is 355 g/mol. The fourth-order valence-corrected chi connectivity index (χ4v) is 3.34. The van der Waals surface area contributed by atoms with Gasteiger partial charge in [0.1, 0.15) is 5.82 Å². The lowest BCUT2D eigenvalue weighted by molar-refractivity contribution is -0.126. The minimum Gasteiger partial charge on any atom is -0.369 e. The second kappa shape index (κ2) is 8.32. The first-order valence-electron chi connectivity index (χ1n) is 9.14. The van der Waals surface area contributed by atoms with Gasteiger partial charge < -0.3 is 10.2 Å². The van der Waals surface area contributed by atoms with Gasteiger partial charge in [-0.1, -0.05) is 30.3 Å². The molecule has 138 valence electrons. The molecule has 3 rings (SSSR count). The normalized spacial score (nSPS) is 17.6. The Kier molecular flexibility index (Phi) is 5.89. The van der Waals surface area contributed by atoms with Crippen LogP contribution >= 0.6 is 0 Å². The van der Waals surface area contributed by atoms with Gasteiger partial charge in [-0.15, -0.1) is 0 Å². The van der Waals surface area contributed by atoms with E-state index in [2.05, 4.69) is 15.1 Å². The summed E-state index contributed by atoms with van der Waals surface area (Å²) in [6, 6.07) is 16.4. The molecule has 1 aliphatic heterocycles. The molecular formula is C21H26FN3O. The van der Waals surface area contributed by atoms with Crippen molar-refractivity contribution >= 4 is 11.6 Å². The highest BCUT2D eigenvalue weighted by atomic mass is 19.1. The van der Waals surface area contributed by atoms with E-state index >= 15 is 0 Å². The first-order valence-corrected chi connectivity index (χ1v) is 9.14. The first kappa shape index (κ1) is 18.4. The fourth-order valence-electron chi connectivity index (χ4n) is 3.34. The van der Waals surface area contributed by atoms with Crippen LogP contribution in [0.15, 0.2) is 54.6 Å². The van der Waals surface area contributed by atoms with Crippen molar-refractivity contribution in [1.29, 1.82) is 0 Å². The molecule has 0 radical (unpaired) electrons. The summed E-state index contributed by atoms with van der Waals surface area (Å²) >= 11 is 0. The number of carbonyl (C=O) groups is 1. The predicted molar refractivity (Wildman–Crippen MR) is 103 cm³/mol. The van der Waals surface area contributed by atoms with Gasteiger partial charge in [0.2, 0.25) is 5.91 Å². The Morgan fingerprint density at radius 3 is 2.19 bits per heavy atom. The molecule has 0 aliphatic carbocycles. The maximum atomic E-state index is 13.1. The molecule has 2 aromatic carbocycles. The molecule has 1 aliphatic rings. The van der Waals surface area contributed by atoms with Crippen molar-refractivity contribution < 1.29 is 9.18 Å². The molecule has 1 N–H and O–H groups in total. The minimum absolute atomic E-state index is 0.00773. The molecule has 1 fully saturated rings. The van der Waals surface area contributed by atoms with E-state index in [0.717, 1.165) is 37.4 Å². The first-order chi connectivity index (χ1) is 12.5. The molecule has 1 heterocycles. The molecule has 0 spiro atoms. The van der Waals surface area contributed by atoms with E-state index in [1.807, 2.05) is 56.3 Å². The summed E-state index contributed by atoms with van der Waals surface area (Å²) in [7, 11) is 0. The number of halogens is 1. The zero-order valence-electron chi connectivity index (χ0n) is 15.4. The highest BCUT2D eigenvalue weighted by molar-refractivity contribution is 5.81. The Bertz CT molecular complexity index is 712. The van der Waals surface area contributed by atoms with Crippen molar-refractivity contribution in [2.45, 2.75) is 25.9 Å². The summed E-state index contributed by atoms with van der Waals surface area (Å²) in [5.74, 6) is -0.165. The van der Waals surface area contributed by atoms with Gasteiger partial charge in [0.05, 0.1) is 12.1 Å². The van der Waals surface area contributed by atoms with Gasteiger partial charge in [0.15, 0.2) is 0 Å².